The summed E-state index contributed by atoms with van der Waals surface area (Å²) in [6, 6.07) is 39.1. The summed E-state index contributed by atoms with van der Waals surface area (Å²) in [6.07, 6.45) is 3.29. The van der Waals surface area contributed by atoms with Crippen LogP contribution in [0.3, 0.4) is 0 Å². The molecule has 3 unspecified atom stereocenters. The van der Waals surface area contributed by atoms with Crippen LogP contribution in [0, 0.1) is 0 Å². The van der Waals surface area contributed by atoms with E-state index in [0.29, 0.717) is 6.29 Å². The van der Waals surface area contributed by atoms with Crippen LogP contribution in [0.2, 0.25) is 0 Å². The summed E-state index contributed by atoms with van der Waals surface area (Å²) in [7, 11) is -0.157. The molecule has 5 aromatic rings. The normalized spacial score (nSPS) is 20.6. The van der Waals surface area contributed by atoms with Crippen molar-refractivity contribution in [2.45, 2.75) is 84.2 Å². The van der Waals surface area contributed by atoms with Crippen LogP contribution in [0.5, 0.6) is 17.2 Å². The summed E-state index contributed by atoms with van der Waals surface area (Å²) >= 11 is 0. The lowest BCUT2D eigenvalue weighted by Gasteiger charge is -2.29. The molecule has 3 aliphatic heterocycles. The van der Waals surface area contributed by atoms with Gasteiger partial charge in [0.25, 0.3) is 0 Å². The third-order valence-electron chi connectivity index (χ3n) is 11.7. The standard InChI is InChI=1S/C18H22NO2P.C18H22NOP.C13H19O2P/c1-18(2,3)22(20)13-19(14-9-6-5-7-10-14)15-11-8-12-16(21-4)17(15)22;1-18(2,3)21-13-19(14-9-6-5-7-10-14)15-11-8-12-16(20-4)17(15)21;1-13(2,3)16(14)9-8-10-6-5-7-11(15-4)12(10)16/h5-12H,13H2,1-4H3;5-12H,13H2,1-4H3;5-7H,8-9H2,1-4H3. The molecule has 59 heavy (non-hydrogen) atoms. The van der Waals surface area contributed by atoms with E-state index in [0.717, 1.165) is 58.1 Å². The van der Waals surface area contributed by atoms with Gasteiger partial charge in [-0.05, 0) is 79.7 Å². The van der Waals surface area contributed by atoms with Gasteiger partial charge in [0.15, 0.2) is 0 Å². The molecule has 10 heteroatoms. The number of fused-ring (bicyclic) bond motifs is 3. The van der Waals surface area contributed by atoms with E-state index in [-0.39, 0.29) is 23.4 Å². The number of methoxy groups -OCH3 is 3. The molecule has 7 nitrogen and oxygen atoms in total. The number of hydrogen-bond donors (Lipinski definition) is 0. The minimum Gasteiger partial charge on any atom is -0.496 e. The molecule has 0 amide bonds. The van der Waals surface area contributed by atoms with E-state index in [4.69, 9.17) is 14.2 Å². The number of ether oxygens (including phenoxy) is 3. The lowest BCUT2D eigenvalue weighted by atomic mass is 10.2. The lowest BCUT2D eigenvalue weighted by molar-refractivity contribution is 0.417. The SMILES string of the molecule is COc1cccc2c1P(=O)(C(C)(C)C)CC2.COc1cccc2c1P(=O)(C(C)(C)C)CN2c1ccccc1.COc1cccc2c1P(C(C)(C)C)CN2c1ccccc1. The van der Waals surface area contributed by atoms with E-state index in [1.807, 2.05) is 48.5 Å². The Bertz CT molecular complexity index is 2350. The zero-order valence-electron chi connectivity index (χ0n) is 37.1. The lowest BCUT2D eigenvalue weighted by Crippen LogP contribution is -2.23. The highest BCUT2D eigenvalue weighted by Crippen LogP contribution is 2.65. The van der Waals surface area contributed by atoms with Gasteiger partial charge in [-0.2, -0.15) is 0 Å². The van der Waals surface area contributed by atoms with Crippen molar-refractivity contribution >= 4 is 60.9 Å². The molecule has 0 spiro atoms. The van der Waals surface area contributed by atoms with E-state index < -0.39 is 14.3 Å². The van der Waals surface area contributed by atoms with Crippen LogP contribution in [0.25, 0.3) is 0 Å². The highest BCUT2D eigenvalue weighted by molar-refractivity contribution is 7.74. The number of hydrogen-bond acceptors (Lipinski definition) is 7. The Hall–Kier alpha value is -4.01. The summed E-state index contributed by atoms with van der Waals surface area (Å²) in [5, 5.41) is 3.07. The summed E-state index contributed by atoms with van der Waals surface area (Å²) in [5.74, 6) is 2.56. The molecule has 5 aromatic carbocycles. The van der Waals surface area contributed by atoms with E-state index >= 15 is 0 Å². The summed E-state index contributed by atoms with van der Waals surface area (Å²) < 4.78 is 43.6. The zero-order chi connectivity index (χ0) is 43.0. The van der Waals surface area contributed by atoms with Crippen molar-refractivity contribution in [1.82, 2.24) is 0 Å². The van der Waals surface area contributed by atoms with Crippen LogP contribution in [-0.4, -0.2) is 55.5 Å². The largest absolute Gasteiger partial charge is 0.496 e. The predicted octanol–water partition coefficient (Wildman–Crippen LogP) is 12.3. The van der Waals surface area contributed by atoms with Crippen LogP contribution < -0.4 is 39.9 Å². The number of anilines is 4. The van der Waals surface area contributed by atoms with Crippen LogP contribution in [0.4, 0.5) is 22.7 Å². The number of rotatable bonds is 5. The van der Waals surface area contributed by atoms with Crippen molar-refractivity contribution in [3.05, 3.63) is 121 Å². The third-order valence-corrected chi connectivity index (χ3v) is 23.1. The van der Waals surface area contributed by atoms with Gasteiger partial charge >= 0.3 is 0 Å². The first-order chi connectivity index (χ1) is 27.8. The maximum atomic E-state index is 13.9. The van der Waals surface area contributed by atoms with Crippen molar-refractivity contribution in [3.8, 4) is 17.2 Å². The predicted molar refractivity (Wildman–Crippen MR) is 255 cm³/mol. The molecule has 0 saturated heterocycles. The van der Waals surface area contributed by atoms with Gasteiger partial charge in [-0.1, -0.05) is 123 Å². The van der Waals surface area contributed by atoms with E-state index in [9.17, 15) is 9.13 Å². The fourth-order valence-electron chi connectivity index (χ4n) is 8.21. The van der Waals surface area contributed by atoms with Crippen LogP contribution >= 0.6 is 22.2 Å². The molecule has 0 N–H and O–H groups in total. The average Bonchev–Trinajstić information content (AvgIpc) is 3.90. The number of nitrogens with zero attached hydrogens (tertiary/aromatic N) is 2. The van der Waals surface area contributed by atoms with Crippen molar-refractivity contribution in [1.29, 1.82) is 0 Å². The molecular weight excluding hydrogens is 789 g/mol. The van der Waals surface area contributed by atoms with Crippen molar-refractivity contribution in [3.63, 3.8) is 0 Å². The molecule has 0 aromatic heterocycles. The molecule has 3 atom stereocenters. The van der Waals surface area contributed by atoms with Crippen LogP contribution in [0.1, 0.15) is 67.9 Å². The first-order valence-electron chi connectivity index (χ1n) is 20.4. The minimum absolute atomic E-state index is 0.174. The van der Waals surface area contributed by atoms with Crippen molar-refractivity contribution in [2.75, 3.05) is 49.9 Å². The molecule has 0 saturated carbocycles. The van der Waals surface area contributed by atoms with Gasteiger partial charge in [0, 0.05) is 39.4 Å². The fraction of sp³-hybridized carbons (Fsp3) is 0.388. The summed E-state index contributed by atoms with van der Waals surface area (Å²) in [4.78, 5) is 4.60. The second-order valence-corrected chi connectivity index (χ2v) is 28.5. The Kier molecular flexibility index (Phi) is 13.0. The summed E-state index contributed by atoms with van der Waals surface area (Å²) in [5.41, 5.74) is 5.85. The number of benzene rings is 5. The molecule has 0 bridgehead atoms. The molecule has 0 radical (unpaired) electrons. The fourth-order valence-corrected chi connectivity index (χ4v) is 17.3. The molecule has 0 aliphatic carbocycles. The van der Waals surface area contributed by atoms with Gasteiger partial charge in [0.2, 0.25) is 0 Å². The topological polar surface area (TPSA) is 68.3 Å². The Morgan fingerprint density at radius 2 is 1.00 bits per heavy atom. The average molecular weight is 853 g/mol. The van der Waals surface area contributed by atoms with Gasteiger partial charge in [-0.25, -0.2) is 0 Å². The second kappa shape index (κ2) is 17.2. The first-order valence-corrected chi connectivity index (χ1v) is 25.7. The van der Waals surface area contributed by atoms with E-state index in [1.54, 1.807) is 21.3 Å². The zero-order valence-corrected chi connectivity index (χ0v) is 39.8. The molecule has 314 valence electrons. The molecular formula is C49H63N2O5P3. The van der Waals surface area contributed by atoms with Crippen molar-refractivity contribution < 1.29 is 23.3 Å². The highest BCUT2D eigenvalue weighted by Gasteiger charge is 2.49. The van der Waals surface area contributed by atoms with Gasteiger partial charge in [-0.15, -0.1) is 0 Å². The second-order valence-electron chi connectivity index (χ2n) is 18.3. The number of aryl methyl sites for hydroxylation is 1. The highest BCUT2D eigenvalue weighted by atomic mass is 31.2. The van der Waals surface area contributed by atoms with Crippen molar-refractivity contribution in [2.24, 2.45) is 0 Å². The van der Waals surface area contributed by atoms with E-state index in [2.05, 4.69) is 139 Å². The molecule has 0 fully saturated rings. The Morgan fingerprint density at radius 1 is 0.525 bits per heavy atom. The number of para-hydroxylation sites is 2. The van der Waals surface area contributed by atoms with Crippen LogP contribution in [0.15, 0.2) is 115 Å². The van der Waals surface area contributed by atoms with Gasteiger partial charge in [0.1, 0.15) is 31.5 Å². The maximum absolute atomic E-state index is 13.9. The summed E-state index contributed by atoms with van der Waals surface area (Å²) in [6.45, 7) is 19.4. The Labute approximate surface area is 355 Å². The Balaban J connectivity index is 0.000000151. The third kappa shape index (κ3) is 8.51. The monoisotopic (exact) mass is 852 g/mol. The molecule has 8 rings (SSSR count). The maximum Gasteiger partial charge on any atom is 0.145 e. The van der Waals surface area contributed by atoms with E-state index in [1.165, 1.54) is 22.2 Å². The Morgan fingerprint density at radius 3 is 1.51 bits per heavy atom. The van der Waals surface area contributed by atoms with Gasteiger partial charge < -0.3 is 33.1 Å². The van der Waals surface area contributed by atoms with Crippen LogP contribution in [-0.2, 0) is 15.6 Å². The first kappa shape index (κ1) is 44.5. The smallest absolute Gasteiger partial charge is 0.145 e. The van der Waals surface area contributed by atoms with Gasteiger partial charge in [-0.3, -0.25) is 0 Å². The molecule has 3 heterocycles. The quantitative estimate of drug-likeness (QED) is 0.163. The minimum atomic E-state index is -2.62. The van der Waals surface area contributed by atoms with Gasteiger partial charge in [0.05, 0.1) is 49.6 Å². The molecule has 3 aliphatic rings.